The molecule has 0 radical (unpaired) electrons. The van der Waals surface area contributed by atoms with Crippen molar-refractivity contribution in [3.8, 4) is 0 Å². The second-order valence-electron chi connectivity index (χ2n) is 2.12. The molecule has 0 fully saturated rings. The van der Waals surface area contributed by atoms with Gasteiger partial charge in [0.25, 0.3) is 0 Å². The zero-order valence-corrected chi connectivity index (χ0v) is 6.86. The predicted molar refractivity (Wildman–Crippen MR) is 43.4 cm³/mol. The van der Waals surface area contributed by atoms with Crippen LogP contribution in [0.4, 0.5) is 5.95 Å². The molecule has 0 aliphatic carbocycles. The Balaban J connectivity index is 2.74. The Morgan fingerprint density at radius 2 is 2.00 bits per heavy atom. The van der Waals surface area contributed by atoms with Crippen molar-refractivity contribution in [2.24, 2.45) is 0 Å². The molecule has 60 valence electrons. The van der Waals surface area contributed by atoms with Crippen LogP contribution in [0.3, 0.4) is 0 Å². The van der Waals surface area contributed by atoms with E-state index in [1.165, 1.54) is 0 Å². The second kappa shape index (κ2) is 3.85. The van der Waals surface area contributed by atoms with Crippen molar-refractivity contribution in [1.29, 1.82) is 0 Å². The van der Waals surface area contributed by atoms with Gasteiger partial charge in [0.1, 0.15) is 0 Å². The standard InChI is InChI=1S/C7H12N4/c1-3-11(4-2)7-8-5-6-9-10-7/h5-6H,3-4H2,1-2H3. The van der Waals surface area contributed by atoms with Gasteiger partial charge in [-0.25, -0.2) is 4.98 Å². The molecule has 4 heteroatoms. The fourth-order valence-electron chi connectivity index (χ4n) is 0.892. The SMILES string of the molecule is CCN(CC)c1nccnn1. The number of aromatic nitrogens is 3. The number of hydrogen-bond donors (Lipinski definition) is 0. The molecule has 1 rings (SSSR count). The van der Waals surface area contributed by atoms with Gasteiger partial charge in [0, 0.05) is 13.1 Å². The lowest BCUT2D eigenvalue weighted by molar-refractivity contribution is 0.794. The van der Waals surface area contributed by atoms with Crippen LogP contribution in [0.1, 0.15) is 13.8 Å². The van der Waals surface area contributed by atoms with Gasteiger partial charge in [0.15, 0.2) is 0 Å². The highest BCUT2D eigenvalue weighted by Crippen LogP contribution is 2.00. The largest absolute Gasteiger partial charge is 0.340 e. The third kappa shape index (κ3) is 1.86. The Morgan fingerprint density at radius 3 is 2.45 bits per heavy atom. The lowest BCUT2D eigenvalue weighted by Gasteiger charge is -2.16. The minimum absolute atomic E-state index is 0.706. The van der Waals surface area contributed by atoms with Gasteiger partial charge < -0.3 is 4.90 Å². The summed E-state index contributed by atoms with van der Waals surface area (Å²) in [4.78, 5) is 6.12. The van der Waals surface area contributed by atoms with Crippen LogP contribution in [0.2, 0.25) is 0 Å². The van der Waals surface area contributed by atoms with Crippen LogP contribution in [-0.4, -0.2) is 28.3 Å². The van der Waals surface area contributed by atoms with E-state index in [1.54, 1.807) is 12.4 Å². The van der Waals surface area contributed by atoms with Crippen LogP contribution in [0, 0.1) is 0 Å². The molecular formula is C7H12N4. The number of anilines is 1. The molecule has 0 saturated heterocycles. The Morgan fingerprint density at radius 1 is 1.27 bits per heavy atom. The first-order valence-corrected chi connectivity index (χ1v) is 3.77. The van der Waals surface area contributed by atoms with Crippen LogP contribution >= 0.6 is 0 Å². The number of hydrogen-bond acceptors (Lipinski definition) is 4. The minimum atomic E-state index is 0.706. The van der Waals surface area contributed by atoms with Crippen LogP contribution in [0.5, 0.6) is 0 Å². The quantitative estimate of drug-likeness (QED) is 0.640. The number of nitrogens with zero attached hydrogens (tertiary/aromatic N) is 4. The van der Waals surface area contributed by atoms with Crippen molar-refractivity contribution >= 4 is 5.95 Å². The summed E-state index contributed by atoms with van der Waals surface area (Å²) in [5.74, 6) is 0.706. The third-order valence-corrected chi connectivity index (χ3v) is 1.52. The minimum Gasteiger partial charge on any atom is -0.340 e. The van der Waals surface area contributed by atoms with E-state index in [9.17, 15) is 0 Å². The molecule has 0 aliphatic rings. The molecule has 1 aromatic rings. The topological polar surface area (TPSA) is 41.9 Å². The van der Waals surface area contributed by atoms with Gasteiger partial charge in [0.2, 0.25) is 5.95 Å². The summed E-state index contributed by atoms with van der Waals surface area (Å²) in [6.07, 6.45) is 3.23. The highest BCUT2D eigenvalue weighted by Gasteiger charge is 2.02. The Hall–Kier alpha value is -1.19. The highest BCUT2D eigenvalue weighted by molar-refractivity contribution is 5.25. The molecule has 0 unspecified atom stereocenters. The molecule has 0 aliphatic heterocycles. The van der Waals surface area contributed by atoms with Gasteiger partial charge in [-0.05, 0) is 13.8 Å². The Kier molecular flexibility index (Phi) is 2.77. The smallest absolute Gasteiger partial charge is 0.245 e. The van der Waals surface area contributed by atoms with Crippen LogP contribution < -0.4 is 4.90 Å². The number of rotatable bonds is 3. The summed E-state index contributed by atoms with van der Waals surface area (Å²) in [5, 5.41) is 7.63. The maximum atomic E-state index is 4.07. The molecule has 0 bridgehead atoms. The average Bonchev–Trinajstić information content (AvgIpc) is 2.09. The zero-order valence-electron chi connectivity index (χ0n) is 6.86. The van der Waals surface area contributed by atoms with E-state index in [0.29, 0.717) is 5.95 Å². The van der Waals surface area contributed by atoms with Gasteiger partial charge in [-0.15, -0.1) is 5.10 Å². The summed E-state index contributed by atoms with van der Waals surface area (Å²) in [6.45, 7) is 5.98. The summed E-state index contributed by atoms with van der Waals surface area (Å²) >= 11 is 0. The van der Waals surface area contributed by atoms with Crippen molar-refractivity contribution < 1.29 is 0 Å². The second-order valence-corrected chi connectivity index (χ2v) is 2.12. The first kappa shape index (κ1) is 7.91. The maximum absolute atomic E-state index is 4.07. The van der Waals surface area contributed by atoms with Crippen molar-refractivity contribution in [2.75, 3.05) is 18.0 Å². The van der Waals surface area contributed by atoms with E-state index in [0.717, 1.165) is 13.1 Å². The van der Waals surface area contributed by atoms with E-state index < -0.39 is 0 Å². The van der Waals surface area contributed by atoms with Gasteiger partial charge >= 0.3 is 0 Å². The molecule has 4 nitrogen and oxygen atoms in total. The average molecular weight is 152 g/mol. The maximum Gasteiger partial charge on any atom is 0.245 e. The molecule has 1 heterocycles. The fourth-order valence-corrected chi connectivity index (χ4v) is 0.892. The zero-order chi connectivity index (χ0) is 8.10. The lowest BCUT2D eigenvalue weighted by atomic mass is 10.5. The Labute approximate surface area is 66.3 Å². The fraction of sp³-hybridized carbons (Fsp3) is 0.571. The molecule has 1 aromatic heterocycles. The van der Waals surface area contributed by atoms with E-state index in [4.69, 9.17) is 0 Å². The van der Waals surface area contributed by atoms with E-state index in [2.05, 4.69) is 29.0 Å². The van der Waals surface area contributed by atoms with Crippen molar-refractivity contribution in [3.05, 3.63) is 12.4 Å². The van der Waals surface area contributed by atoms with Gasteiger partial charge in [-0.2, -0.15) is 5.10 Å². The molecule has 0 saturated carbocycles. The normalized spacial score (nSPS) is 9.64. The van der Waals surface area contributed by atoms with Crippen molar-refractivity contribution in [1.82, 2.24) is 15.2 Å². The van der Waals surface area contributed by atoms with E-state index in [-0.39, 0.29) is 0 Å². The van der Waals surface area contributed by atoms with Gasteiger partial charge in [-0.3, -0.25) is 0 Å². The predicted octanol–water partition coefficient (Wildman–Crippen LogP) is 0.718. The first-order chi connectivity index (χ1) is 5.38. The Bertz CT molecular complexity index is 195. The molecule has 0 aromatic carbocycles. The van der Waals surface area contributed by atoms with Crippen LogP contribution in [0.25, 0.3) is 0 Å². The van der Waals surface area contributed by atoms with E-state index in [1.807, 2.05) is 4.90 Å². The van der Waals surface area contributed by atoms with Gasteiger partial charge in [0.05, 0.1) is 12.4 Å². The van der Waals surface area contributed by atoms with Crippen molar-refractivity contribution in [3.63, 3.8) is 0 Å². The molecule has 0 amide bonds. The molecule has 0 spiro atoms. The summed E-state index contributed by atoms with van der Waals surface area (Å²) in [6, 6.07) is 0. The third-order valence-electron chi connectivity index (χ3n) is 1.52. The molecule has 11 heavy (non-hydrogen) atoms. The highest BCUT2D eigenvalue weighted by atomic mass is 15.3. The van der Waals surface area contributed by atoms with Crippen molar-refractivity contribution in [2.45, 2.75) is 13.8 Å². The first-order valence-electron chi connectivity index (χ1n) is 3.77. The summed E-state index contributed by atoms with van der Waals surface area (Å²) in [7, 11) is 0. The molecule has 0 N–H and O–H groups in total. The summed E-state index contributed by atoms with van der Waals surface area (Å²) < 4.78 is 0. The van der Waals surface area contributed by atoms with Crippen LogP contribution in [0.15, 0.2) is 12.4 Å². The van der Waals surface area contributed by atoms with Gasteiger partial charge in [-0.1, -0.05) is 0 Å². The monoisotopic (exact) mass is 152 g/mol. The summed E-state index contributed by atoms with van der Waals surface area (Å²) in [5.41, 5.74) is 0. The lowest BCUT2D eigenvalue weighted by Crippen LogP contribution is -2.24. The van der Waals surface area contributed by atoms with E-state index >= 15 is 0 Å². The molecular weight excluding hydrogens is 140 g/mol. The molecule has 0 atom stereocenters. The van der Waals surface area contributed by atoms with Crippen LogP contribution in [-0.2, 0) is 0 Å².